The minimum atomic E-state index is 0.834. The molecule has 0 radical (unpaired) electrons. The summed E-state index contributed by atoms with van der Waals surface area (Å²) in [6, 6.07) is 40.7. The monoisotopic (exact) mass is 1130 g/mol. The number of benzene rings is 2. The van der Waals surface area contributed by atoms with Crippen LogP contribution in [0.3, 0.4) is 0 Å². The fraction of sp³-hybridized carbons (Fsp3) is 0.333. The minimum Gasteiger partial charge on any atom is -0.259 e. The SMILES string of the molecule is CC.CC.CC.CC.CC.CC.Cc1cc2ccc(C)nc2cn1.Cc1cc2ccc(C)nc2cn1.Cc1ccc2cc(C)nnc2c1.Cc1ccc2nc(C)ccc2n1.Cc1ccc2nc(C)cnc2c1.Cc1cnc2nc(C)ccc2c1. The second-order valence-corrected chi connectivity index (χ2v) is 17.9. The van der Waals surface area contributed by atoms with Gasteiger partial charge in [0, 0.05) is 73.8 Å². The number of rotatable bonds is 0. The van der Waals surface area contributed by atoms with Gasteiger partial charge in [-0.1, -0.05) is 113 Å². The summed E-state index contributed by atoms with van der Waals surface area (Å²) in [5, 5.41) is 12.7. The summed E-state index contributed by atoms with van der Waals surface area (Å²) in [5.74, 6) is 0. The molecule has 0 spiro atoms. The molecule has 12 nitrogen and oxygen atoms in total. The number of fused-ring (bicyclic) bond motifs is 6. The van der Waals surface area contributed by atoms with Gasteiger partial charge in [0.1, 0.15) is 0 Å². The molecular formula is C72H96N12. The third kappa shape index (κ3) is 25.2. The molecule has 0 saturated carbocycles. The van der Waals surface area contributed by atoms with Crippen LogP contribution in [0.2, 0.25) is 0 Å². The number of hydrogen-bond acceptors (Lipinski definition) is 12. The average molecular weight is 1130 g/mol. The van der Waals surface area contributed by atoms with Crippen molar-refractivity contribution in [1.29, 1.82) is 0 Å². The summed E-state index contributed by atoms with van der Waals surface area (Å²) >= 11 is 0. The topological polar surface area (TPSA) is 155 Å². The molecule has 12 rings (SSSR count). The first kappa shape index (κ1) is 73.4. The number of aromatic nitrogens is 12. The molecule has 10 aromatic heterocycles. The summed E-state index contributed by atoms with van der Waals surface area (Å²) in [5.41, 5.74) is 20.4. The van der Waals surface area contributed by atoms with Gasteiger partial charge in [-0.15, -0.1) is 0 Å². The van der Waals surface area contributed by atoms with Gasteiger partial charge in [0.2, 0.25) is 0 Å². The highest BCUT2D eigenvalue weighted by atomic mass is 15.1. The minimum absolute atomic E-state index is 0.834. The maximum Gasteiger partial charge on any atom is 0.159 e. The van der Waals surface area contributed by atoms with E-state index in [1.165, 1.54) is 16.7 Å². The molecule has 2 aromatic carbocycles. The Bertz CT molecular complexity index is 2930. The fourth-order valence-corrected chi connectivity index (χ4v) is 7.37. The van der Waals surface area contributed by atoms with E-state index in [1.807, 2.05) is 250 Å². The van der Waals surface area contributed by atoms with Gasteiger partial charge in [-0.25, -0.2) is 15.0 Å². The molecule has 0 aliphatic carbocycles. The zero-order valence-electron chi connectivity index (χ0n) is 55.2. The lowest BCUT2D eigenvalue weighted by atomic mass is 10.1. The molecule has 0 fully saturated rings. The largest absolute Gasteiger partial charge is 0.259 e. The van der Waals surface area contributed by atoms with Gasteiger partial charge >= 0.3 is 0 Å². The van der Waals surface area contributed by atoms with Gasteiger partial charge in [-0.3, -0.25) is 34.9 Å². The Hall–Kier alpha value is -8.64. The van der Waals surface area contributed by atoms with Gasteiger partial charge in [-0.2, -0.15) is 10.2 Å². The van der Waals surface area contributed by atoms with Crippen LogP contribution >= 0.6 is 0 Å². The van der Waals surface area contributed by atoms with Crippen LogP contribution in [-0.4, -0.2) is 60.0 Å². The maximum absolute atomic E-state index is 4.35. The van der Waals surface area contributed by atoms with E-state index in [1.54, 1.807) is 6.20 Å². The maximum atomic E-state index is 4.35. The Morgan fingerprint density at radius 1 is 0.202 bits per heavy atom. The van der Waals surface area contributed by atoms with E-state index in [9.17, 15) is 0 Å². The summed E-state index contributed by atoms with van der Waals surface area (Å²) in [7, 11) is 0. The molecule has 12 heteroatoms. The lowest BCUT2D eigenvalue weighted by Gasteiger charge is -1.98. The molecular weight excluding hydrogens is 1030 g/mol. The van der Waals surface area contributed by atoms with Crippen LogP contribution in [0.1, 0.15) is 151 Å². The Kier molecular flexibility index (Phi) is 35.4. The van der Waals surface area contributed by atoms with Crippen molar-refractivity contribution >= 4 is 65.8 Å². The number of nitrogens with zero attached hydrogens (tertiary/aromatic N) is 12. The van der Waals surface area contributed by atoms with Gasteiger partial charge < -0.3 is 0 Å². The van der Waals surface area contributed by atoms with Gasteiger partial charge in [0.25, 0.3) is 0 Å². The van der Waals surface area contributed by atoms with Crippen molar-refractivity contribution in [2.24, 2.45) is 0 Å². The van der Waals surface area contributed by atoms with Crippen molar-refractivity contribution in [3.8, 4) is 0 Å². The lowest BCUT2D eigenvalue weighted by molar-refractivity contribution is 1.02. The Labute approximate surface area is 503 Å². The average Bonchev–Trinajstić information content (AvgIpc) is 3.73. The van der Waals surface area contributed by atoms with Crippen molar-refractivity contribution in [1.82, 2.24) is 60.0 Å². The van der Waals surface area contributed by atoms with Crippen LogP contribution in [0, 0.1) is 83.1 Å². The van der Waals surface area contributed by atoms with Gasteiger partial charge in [-0.05, 0) is 191 Å². The van der Waals surface area contributed by atoms with E-state index in [4.69, 9.17) is 0 Å². The summed E-state index contributed by atoms with van der Waals surface area (Å²) in [4.78, 5) is 43.0. The molecule has 0 saturated heterocycles. The van der Waals surface area contributed by atoms with E-state index in [-0.39, 0.29) is 0 Å². The van der Waals surface area contributed by atoms with Crippen LogP contribution < -0.4 is 0 Å². The summed E-state index contributed by atoms with van der Waals surface area (Å²) in [6.45, 7) is 47.9. The lowest BCUT2D eigenvalue weighted by Crippen LogP contribution is -1.87. The molecule has 0 aliphatic rings. The van der Waals surface area contributed by atoms with Crippen molar-refractivity contribution in [2.75, 3.05) is 0 Å². The smallest absolute Gasteiger partial charge is 0.159 e. The van der Waals surface area contributed by atoms with Crippen LogP contribution in [0.15, 0.2) is 146 Å². The van der Waals surface area contributed by atoms with E-state index < -0.39 is 0 Å². The normalized spacial score (nSPS) is 9.43. The van der Waals surface area contributed by atoms with E-state index >= 15 is 0 Å². The first-order chi connectivity index (χ1) is 40.5. The highest BCUT2D eigenvalue weighted by Crippen LogP contribution is 2.16. The van der Waals surface area contributed by atoms with Crippen molar-refractivity contribution in [3.05, 3.63) is 214 Å². The Morgan fingerprint density at radius 2 is 0.560 bits per heavy atom. The molecule has 10 heterocycles. The van der Waals surface area contributed by atoms with Crippen LogP contribution in [-0.2, 0) is 0 Å². The molecule has 444 valence electrons. The predicted octanol–water partition coefficient (Wildman–Crippen LogP) is 19.6. The molecule has 0 N–H and O–H groups in total. The zero-order chi connectivity index (χ0) is 63.3. The van der Waals surface area contributed by atoms with Crippen LogP contribution in [0.4, 0.5) is 0 Å². The Balaban J connectivity index is 0.000000486. The second-order valence-electron chi connectivity index (χ2n) is 17.9. The van der Waals surface area contributed by atoms with Crippen molar-refractivity contribution < 1.29 is 0 Å². The molecule has 0 unspecified atom stereocenters. The van der Waals surface area contributed by atoms with Crippen molar-refractivity contribution in [2.45, 2.75) is 166 Å². The number of hydrogen-bond donors (Lipinski definition) is 0. The predicted molar refractivity (Wildman–Crippen MR) is 362 cm³/mol. The molecule has 12 aromatic rings. The van der Waals surface area contributed by atoms with E-state index in [2.05, 4.69) is 116 Å². The first-order valence-corrected chi connectivity index (χ1v) is 29.8. The molecule has 0 bridgehead atoms. The summed E-state index contributed by atoms with van der Waals surface area (Å²) < 4.78 is 0. The molecule has 0 aliphatic heterocycles. The van der Waals surface area contributed by atoms with Crippen molar-refractivity contribution in [3.63, 3.8) is 0 Å². The highest BCUT2D eigenvalue weighted by molar-refractivity contribution is 5.80. The quantitative estimate of drug-likeness (QED) is 0.142. The molecule has 84 heavy (non-hydrogen) atoms. The van der Waals surface area contributed by atoms with Crippen LogP contribution in [0.5, 0.6) is 0 Å². The van der Waals surface area contributed by atoms with E-state index in [0.717, 1.165) is 117 Å². The second kappa shape index (κ2) is 40.5. The third-order valence-corrected chi connectivity index (χ3v) is 11.0. The van der Waals surface area contributed by atoms with Gasteiger partial charge in [0.15, 0.2) is 5.65 Å². The number of aryl methyl sites for hydroxylation is 12. The molecule has 0 amide bonds. The third-order valence-electron chi connectivity index (χ3n) is 11.0. The standard InChI is InChI=1S/6C10H10N2.6C2H6/c1-7-3-5-10-9(11-7)6-4-8(2)12-10;1-7-5-9-4-3-8(2)12-10(9)11-6-7;2*1-7-3-4-9-5-8(2)11-6-10(9)12-7;1-7-3-4-9-10(5-7)11-6-8(2)12-9;1-7-3-4-9-6-8(2)11-12-10(9)5-7;6*1-2/h6*3-6H,1-2H3;6*1-2H3. The zero-order valence-corrected chi connectivity index (χ0v) is 55.2. The molecule has 0 atom stereocenters. The number of pyridine rings is 8. The first-order valence-electron chi connectivity index (χ1n) is 29.8. The highest BCUT2D eigenvalue weighted by Gasteiger charge is 2.00. The van der Waals surface area contributed by atoms with Gasteiger partial charge in [0.05, 0.1) is 62.4 Å². The summed E-state index contributed by atoms with van der Waals surface area (Å²) in [6.07, 6.45) is 7.27. The fourth-order valence-electron chi connectivity index (χ4n) is 7.37. The van der Waals surface area contributed by atoms with Crippen LogP contribution in [0.25, 0.3) is 65.8 Å². The van der Waals surface area contributed by atoms with E-state index in [0.29, 0.717) is 0 Å². The Morgan fingerprint density at radius 3 is 1.06 bits per heavy atom.